The fourth-order valence-corrected chi connectivity index (χ4v) is 1.19. The van der Waals surface area contributed by atoms with Crippen LogP contribution in [-0.4, -0.2) is 18.0 Å². The van der Waals surface area contributed by atoms with E-state index < -0.39 is 0 Å². The summed E-state index contributed by atoms with van der Waals surface area (Å²) in [6.45, 7) is 3.41. The van der Waals surface area contributed by atoms with E-state index in [0.29, 0.717) is 17.1 Å². The molecule has 0 unspecified atom stereocenters. The van der Waals surface area contributed by atoms with Crippen LogP contribution in [0.5, 0.6) is 5.75 Å². The molecule has 0 aromatic heterocycles. The van der Waals surface area contributed by atoms with Crippen LogP contribution in [0.4, 0.5) is 0 Å². The molecule has 17 heavy (non-hydrogen) atoms. The number of aldehydes is 1. The fraction of sp³-hybridized carbons (Fsp3) is 0.0714. The summed E-state index contributed by atoms with van der Waals surface area (Å²) < 4.78 is 5.51. The topological polar surface area (TPSA) is 46.5 Å². The Morgan fingerprint density at radius 2 is 2.18 bits per heavy atom. The Morgan fingerprint density at radius 3 is 2.82 bits per heavy atom. The quantitative estimate of drug-likeness (QED) is 0.464. The summed E-state index contributed by atoms with van der Waals surface area (Å²) in [6, 6.07) is 6.88. The second-order valence-corrected chi connectivity index (χ2v) is 3.14. The molecular weight excluding hydrogens is 216 g/mol. The zero-order valence-corrected chi connectivity index (χ0v) is 9.37. The molecule has 0 fully saturated rings. The highest BCUT2D eigenvalue weighted by Crippen LogP contribution is 2.19. The van der Waals surface area contributed by atoms with Gasteiger partial charge in [-0.2, -0.15) is 0 Å². The summed E-state index contributed by atoms with van der Waals surface area (Å²) >= 11 is 0. The summed E-state index contributed by atoms with van der Waals surface area (Å²) in [5, 5.41) is 8.85. The number of hydrogen-bond acceptors (Lipinski definition) is 3. The third-order valence-corrected chi connectivity index (χ3v) is 1.96. The number of aliphatic hydroxyl groups is 1. The number of rotatable bonds is 6. The molecule has 3 heteroatoms. The van der Waals surface area contributed by atoms with E-state index in [-0.39, 0.29) is 6.61 Å². The van der Waals surface area contributed by atoms with Crippen molar-refractivity contribution < 1.29 is 14.6 Å². The molecule has 0 saturated heterocycles. The van der Waals surface area contributed by atoms with Crippen molar-refractivity contribution in [2.24, 2.45) is 0 Å². The van der Waals surface area contributed by atoms with E-state index >= 15 is 0 Å². The van der Waals surface area contributed by atoms with Crippen molar-refractivity contribution in [1.82, 2.24) is 0 Å². The molecule has 1 rings (SSSR count). The number of benzene rings is 1. The average molecular weight is 230 g/mol. The first-order valence-corrected chi connectivity index (χ1v) is 5.14. The van der Waals surface area contributed by atoms with Gasteiger partial charge >= 0.3 is 0 Å². The minimum absolute atomic E-state index is 0.139. The molecule has 0 heterocycles. The van der Waals surface area contributed by atoms with E-state index in [1.807, 2.05) is 0 Å². The van der Waals surface area contributed by atoms with Crippen LogP contribution in [0.15, 0.2) is 60.9 Å². The Hall–Kier alpha value is -2.13. The maximum absolute atomic E-state index is 10.8. The van der Waals surface area contributed by atoms with Crippen LogP contribution in [0.1, 0.15) is 10.4 Å². The van der Waals surface area contributed by atoms with Gasteiger partial charge in [-0.05, 0) is 24.3 Å². The largest absolute Gasteiger partial charge is 0.457 e. The highest BCUT2D eigenvalue weighted by atomic mass is 16.5. The number of aliphatic hydroxyl groups excluding tert-OH is 1. The molecule has 3 nitrogen and oxygen atoms in total. The van der Waals surface area contributed by atoms with Crippen molar-refractivity contribution in [2.75, 3.05) is 6.61 Å². The van der Waals surface area contributed by atoms with E-state index in [4.69, 9.17) is 9.84 Å². The number of allylic oxidation sites excluding steroid dienone is 3. The smallest absolute Gasteiger partial charge is 0.153 e. The van der Waals surface area contributed by atoms with Gasteiger partial charge in [-0.15, -0.1) is 0 Å². The standard InChI is InChI=1S/C14H14O3/c1-2-3-7-13(9-10-15)17-14-8-5-4-6-12(14)11-16/h2-9,11,15H,1,10H2/b7-3-,13-9-. The Labute approximate surface area is 100 Å². The van der Waals surface area contributed by atoms with Crippen LogP contribution in [-0.2, 0) is 0 Å². The van der Waals surface area contributed by atoms with Crippen LogP contribution >= 0.6 is 0 Å². The molecule has 0 aliphatic rings. The Kier molecular flexibility index (Phi) is 5.47. The molecule has 88 valence electrons. The van der Waals surface area contributed by atoms with Gasteiger partial charge in [-0.3, -0.25) is 4.79 Å². The molecular formula is C14H14O3. The van der Waals surface area contributed by atoms with Gasteiger partial charge in [0.05, 0.1) is 12.2 Å². The van der Waals surface area contributed by atoms with Gasteiger partial charge in [0.1, 0.15) is 11.5 Å². The summed E-state index contributed by atoms with van der Waals surface area (Å²) in [5.74, 6) is 0.914. The Balaban J connectivity index is 2.93. The first kappa shape index (κ1) is 12.9. The number of hydrogen-bond donors (Lipinski definition) is 1. The second-order valence-electron chi connectivity index (χ2n) is 3.14. The normalized spacial score (nSPS) is 11.5. The highest BCUT2D eigenvalue weighted by molar-refractivity contribution is 5.79. The average Bonchev–Trinajstić information content (AvgIpc) is 2.37. The molecule has 0 aliphatic carbocycles. The third kappa shape index (κ3) is 4.09. The van der Waals surface area contributed by atoms with Gasteiger partial charge in [0, 0.05) is 0 Å². The third-order valence-electron chi connectivity index (χ3n) is 1.96. The van der Waals surface area contributed by atoms with Gasteiger partial charge < -0.3 is 9.84 Å². The lowest BCUT2D eigenvalue weighted by Gasteiger charge is -2.08. The van der Waals surface area contributed by atoms with Crippen molar-refractivity contribution in [3.63, 3.8) is 0 Å². The van der Waals surface area contributed by atoms with Crippen LogP contribution < -0.4 is 4.74 Å². The fourth-order valence-electron chi connectivity index (χ4n) is 1.19. The van der Waals surface area contributed by atoms with Crippen molar-refractivity contribution >= 4 is 6.29 Å². The molecule has 1 N–H and O–H groups in total. The molecule has 0 aliphatic heterocycles. The SMILES string of the molecule is C=C/C=C\C(=C\CO)Oc1ccccc1C=O. The van der Waals surface area contributed by atoms with Gasteiger partial charge in [-0.1, -0.05) is 30.9 Å². The lowest BCUT2D eigenvalue weighted by molar-refractivity contribution is 0.112. The van der Waals surface area contributed by atoms with E-state index in [1.54, 1.807) is 42.5 Å². The molecule has 1 aromatic rings. The number of carbonyl (C=O) groups is 1. The van der Waals surface area contributed by atoms with Crippen LogP contribution in [0, 0.1) is 0 Å². The van der Waals surface area contributed by atoms with Crippen molar-refractivity contribution in [2.45, 2.75) is 0 Å². The number of carbonyl (C=O) groups excluding carboxylic acids is 1. The van der Waals surface area contributed by atoms with Crippen LogP contribution in [0.25, 0.3) is 0 Å². The molecule has 0 amide bonds. The Bertz CT molecular complexity index is 445. The minimum Gasteiger partial charge on any atom is -0.457 e. The zero-order valence-electron chi connectivity index (χ0n) is 9.37. The lowest BCUT2D eigenvalue weighted by atomic mass is 10.2. The summed E-state index contributed by atoms with van der Waals surface area (Å²) in [5.41, 5.74) is 0.461. The monoisotopic (exact) mass is 230 g/mol. The van der Waals surface area contributed by atoms with Crippen molar-refractivity contribution in [3.8, 4) is 5.75 Å². The lowest BCUT2D eigenvalue weighted by Crippen LogP contribution is -1.97. The van der Waals surface area contributed by atoms with E-state index in [2.05, 4.69) is 6.58 Å². The Morgan fingerprint density at radius 1 is 1.41 bits per heavy atom. The van der Waals surface area contributed by atoms with E-state index in [1.165, 1.54) is 6.08 Å². The van der Waals surface area contributed by atoms with E-state index in [0.717, 1.165) is 6.29 Å². The maximum atomic E-state index is 10.8. The van der Waals surface area contributed by atoms with E-state index in [9.17, 15) is 4.79 Å². The van der Waals surface area contributed by atoms with Crippen molar-refractivity contribution in [3.05, 3.63) is 66.5 Å². The minimum atomic E-state index is -0.139. The molecule has 0 saturated carbocycles. The molecule has 1 aromatic carbocycles. The second kappa shape index (κ2) is 7.19. The molecule has 0 spiro atoms. The summed E-state index contributed by atoms with van der Waals surface area (Å²) in [4.78, 5) is 10.8. The van der Waals surface area contributed by atoms with Gasteiger partial charge in [0.2, 0.25) is 0 Å². The summed E-state index contributed by atoms with van der Waals surface area (Å²) in [7, 11) is 0. The van der Waals surface area contributed by atoms with Gasteiger partial charge in [0.25, 0.3) is 0 Å². The van der Waals surface area contributed by atoms with Crippen LogP contribution in [0.3, 0.4) is 0 Å². The molecule has 0 atom stereocenters. The predicted octanol–water partition coefficient (Wildman–Crippen LogP) is 2.50. The number of ether oxygens (including phenoxy) is 1. The summed E-state index contributed by atoms with van der Waals surface area (Å²) in [6.07, 6.45) is 7.17. The maximum Gasteiger partial charge on any atom is 0.153 e. The molecule has 0 radical (unpaired) electrons. The van der Waals surface area contributed by atoms with Gasteiger partial charge in [0.15, 0.2) is 6.29 Å². The highest BCUT2D eigenvalue weighted by Gasteiger charge is 2.02. The number of para-hydroxylation sites is 1. The van der Waals surface area contributed by atoms with Crippen LogP contribution in [0.2, 0.25) is 0 Å². The van der Waals surface area contributed by atoms with Gasteiger partial charge in [-0.25, -0.2) is 0 Å². The molecule has 0 bridgehead atoms. The van der Waals surface area contributed by atoms with Crippen molar-refractivity contribution in [1.29, 1.82) is 0 Å². The zero-order chi connectivity index (χ0) is 12.5. The first-order chi connectivity index (χ1) is 8.31. The first-order valence-electron chi connectivity index (χ1n) is 5.14. The predicted molar refractivity (Wildman–Crippen MR) is 67.0 cm³/mol.